The van der Waals surface area contributed by atoms with Gasteiger partial charge in [0.05, 0.1) is 24.9 Å². The molecule has 0 aromatic heterocycles. The molecule has 2 fully saturated rings. The first-order chi connectivity index (χ1) is 12.2. The molecule has 2 aliphatic heterocycles. The number of hydrogen-bond donors (Lipinski definition) is 1. The zero-order valence-corrected chi connectivity index (χ0v) is 15.0. The quantitative estimate of drug-likeness (QED) is 0.859. The van der Waals surface area contributed by atoms with E-state index in [4.69, 9.17) is 9.47 Å². The molecule has 2 aliphatic rings. The van der Waals surface area contributed by atoms with E-state index < -0.39 is 12.2 Å². The van der Waals surface area contributed by atoms with Crippen molar-refractivity contribution in [2.75, 3.05) is 19.8 Å². The number of rotatable bonds is 6. The Labute approximate surface area is 149 Å². The van der Waals surface area contributed by atoms with Crippen LogP contribution in [0, 0.1) is 0 Å². The van der Waals surface area contributed by atoms with Crippen LogP contribution in [0.5, 0.6) is 0 Å². The van der Waals surface area contributed by atoms with Crippen LogP contribution < -0.4 is 0 Å². The van der Waals surface area contributed by atoms with E-state index in [1.54, 1.807) is 6.92 Å². The molecule has 5 nitrogen and oxygen atoms in total. The SMILES string of the molecule is CC(OCC1CCCO1)C(=O)N1CCCCC1C(O)c1ccccc1. The molecule has 0 aliphatic carbocycles. The first-order valence-corrected chi connectivity index (χ1v) is 9.43. The Morgan fingerprint density at radius 1 is 1.28 bits per heavy atom. The van der Waals surface area contributed by atoms with Crippen molar-refractivity contribution in [3.05, 3.63) is 35.9 Å². The lowest BCUT2D eigenvalue weighted by Gasteiger charge is -2.39. The highest BCUT2D eigenvalue weighted by Gasteiger charge is 2.35. The molecule has 1 aromatic carbocycles. The summed E-state index contributed by atoms with van der Waals surface area (Å²) in [6, 6.07) is 9.42. The van der Waals surface area contributed by atoms with Crippen molar-refractivity contribution in [2.45, 2.75) is 63.4 Å². The van der Waals surface area contributed by atoms with Crippen LogP contribution >= 0.6 is 0 Å². The monoisotopic (exact) mass is 347 g/mol. The number of likely N-dealkylation sites (tertiary alicyclic amines) is 1. The second kappa shape index (κ2) is 8.79. The number of aliphatic hydroxyl groups excluding tert-OH is 1. The standard InChI is InChI=1S/C20H29NO4/c1-15(25-14-17-10-7-13-24-17)20(23)21-12-6-5-11-18(21)19(22)16-8-3-2-4-9-16/h2-4,8-9,15,17-19,22H,5-7,10-14H2,1H3. The Balaban J connectivity index is 1.61. The van der Waals surface area contributed by atoms with Crippen LogP contribution in [0.15, 0.2) is 30.3 Å². The van der Waals surface area contributed by atoms with Gasteiger partial charge in [-0.1, -0.05) is 30.3 Å². The summed E-state index contributed by atoms with van der Waals surface area (Å²) in [4.78, 5) is 14.7. The third kappa shape index (κ3) is 4.60. The molecular formula is C20H29NO4. The van der Waals surface area contributed by atoms with Crippen LogP contribution in [0.25, 0.3) is 0 Å². The first-order valence-electron chi connectivity index (χ1n) is 9.43. The normalized spacial score (nSPS) is 26.4. The highest BCUT2D eigenvalue weighted by molar-refractivity contribution is 5.81. The predicted molar refractivity (Wildman–Crippen MR) is 95.1 cm³/mol. The Hall–Kier alpha value is -1.43. The molecule has 25 heavy (non-hydrogen) atoms. The van der Waals surface area contributed by atoms with E-state index in [2.05, 4.69) is 0 Å². The summed E-state index contributed by atoms with van der Waals surface area (Å²) in [6.07, 6.45) is 3.84. The molecule has 4 unspecified atom stereocenters. The minimum absolute atomic E-state index is 0.0299. The molecule has 5 heteroatoms. The lowest BCUT2D eigenvalue weighted by Crippen LogP contribution is -2.50. The fraction of sp³-hybridized carbons (Fsp3) is 0.650. The molecule has 4 atom stereocenters. The molecule has 0 bridgehead atoms. The molecule has 1 amide bonds. The van der Waals surface area contributed by atoms with Gasteiger partial charge in [0.2, 0.25) is 0 Å². The molecule has 0 saturated carbocycles. The van der Waals surface area contributed by atoms with Crippen molar-refractivity contribution in [3.63, 3.8) is 0 Å². The van der Waals surface area contributed by atoms with Crippen LogP contribution in [0.4, 0.5) is 0 Å². The van der Waals surface area contributed by atoms with Gasteiger partial charge in [-0.05, 0) is 44.6 Å². The van der Waals surface area contributed by atoms with E-state index in [-0.39, 0.29) is 18.1 Å². The summed E-state index contributed by atoms with van der Waals surface area (Å²) in [5.74, 6) is -0.0299. The highest BCUT2D eigenvalue weighted by atomic mass is 16.5. The third-order valence-electron chi connectivity index (χ3n) is 5.24. The van der Waals surface area contributed by atoms with Gasteiger partial charge in [0.1, 0.15) is 6.10 Å². The minimum Gasteiger partial charge on any atom is -0.386 e. The third-order valence-corrected chi connectivity index (χ3v) is 5.24. The summed E-state index contributed by atoms with van der Waals surface area (Å²) < 4.78 is 11.3. The summed E-state index contributed by atoms with van der Waals surface area (Å²) in [5, 5.41) is 10.8. The maximum atomic E-state index is 12.9. The number of aliphatic hydroxyl groups is 1. The Bertz CT molecular complexity index is 544. The number of hydrogen-bond acceptors (Lipinski definition) is 4. The van der Waals surface area contributed by atoms with Gasteiger partial charge in [-0.25, -0.2) is 0 Å². The largest absolute Gasteiger partial charge is 0.386 e. The van der Waals surface area contributed by atoms with Gasteiger partial charge >= 0.3 is 0 Å². The number of piperidine rings is 1. The predicted octanol–water partition coefficient (Wildman–Crippen LogP) is 2.69. The molecule has 1 N–H and O–H groups in total. The molecule has 2 heterocycles. The van der Waals surface area contributed by atoms with Gasteiger partial charge in [-0.2, -0.15) is 0 Å². The number of ether oxygens (including phenoxy) is 2. The van der Waals surface area contributed by atoms with E-state index in [9.17, 15) is 9.90 Å². The molecule has 2 saturated heterocycles. The fourth-order valence-corrected chi connectivity index (χ4v) is 3.76. The van der Waals surface area contributed by atoms with Crippen molar-refractivity contribution < 1.29 is 19.4 Å². The average molecular weight is 347 g/mol. The lowest BCUT2D eigenvalue weighted by molar-refractivity contribution is -0.151. The van der Waals surface area contributed by atoms with Crippen LogP contribution in [0.3, 0.4) is 0 Å². The van der Waals surface area contributed by atoms with Gasteiger partial charge in [0, 0.05) is 13.2 Å². The fourth-order valence-electron chi connectivity index (χ4n) is 3.76. The van der Waals surface area contributed by atoms with Crippen LogP contribution in [-0.4, -0.2) is 53.9 Å². The number of carbonyl (C=O) groups excluding carboxylic acids is 1. The Morgan fingerprint density at radius 3 is 2.80 bits per heavy atom. The van der Waals surface area contributed by atoms with E-state index in [1.807, 2.05) is 35.2 Å². The van der Waals surface area contributed by atoms with Gasteiger partial charge in [-0.3, -0.25) is 4.79 Å². The molecule has 138 valence electrons. The van der Waals surface area contributed by atoms with Crippen LogP contribution in [0.1, 0.15) is 50.7 Å². The van der Waals surface area contributed by atoms with Crippen molar-refractivity contribution in [1.29, 1.82) is 0 Å². The smallest absolute Gasteiger partial charge is 0.251 e. The van der Waals surface area contributed by atoms with Crippen molar-refractivity contribution >= 4 is 5.91 Å². The van der Waals surface area contributed by atoms with Gasteiger partial charge < -0.3 is 19.5 Å². The highest BCUT2D eigenvalue weighted by Crippen LogP contribution is 2.29. The van der Waals surface area contributed by atoms with Gasteiger partial charge in [-0.15, -0.1) is 0 Å². The van der Waals surface area contributed by atoms with Crippen molar-refractivity contribution in [3.8, 4) is 0 Å². The minimum atomic E-state index is -0.657. The maximum Gasteiger partial charge on any atom is 0.251 e. The molecule has 1 aromatic rings. The molecule has 0 radical (unpaired) electrons. The number of benzene rings is 1. The second-order valence-electron chi connectivity index (χ2n) is 7.06. The molecular weight excluding hydrogens is 318 g/mol. The zero-order valence-electron chi connectivity index (χ0n) is 15.0. The number of carbonyl (C=O) groups is 1. The Kier molecular flexibility index (Phi) is 6.45. The topological polar surface area (TPSA) is 59.0 Å². The summed E-state index contributed by atoms with van der Waals surface area (Å²) in [7, 11) is 0. The number of amides is 1. The average Bonchev–Trinajstić information content (AvgIpc) is 3.19. The van der Waals surface area contributed by atoms with E-state index in [0.29, 0.717) is 13.2 Å². The van der Waals surface area contributed by atoms with Crippen molar-refractivity contribution in [2.24, 2.45) is 0 Å². The van der Waals surface area contributed by atoms with Gasteiger partial charge in [0.15, 0.2) is 0 Å². The van der Waals surface area contributed by atoms with E-state index in [0.717, 1.165) is 44.3 Å². The second-order valence-corrected chi connectivity index (χ2v) is 7.06. The van der Waals surface area contributed by atoms with Crippen LogP contribution in [0.2, 0.25) is 0 Å². The summed E-state index contributed by atoms with van der Waals surface area (Å²) >= 11 is 0. The van der Waals surface area contributed by atoms with E-state index in [1.165, 1.54) is 0 Å². The van der Waals surface area contributed by atoms with Gasteiger partial charge in [0.25, 0.3) is 5.91 Å². The Morgan fingerprint density at radius 2 is 2.08 bits per heavy atom. The first kappa shape index (κ1) is 18.4. The molecule has 0 spiro atoms. The summed E-state index contributed by atoms with van der Waals surface area (Å²) in [5.41, 5.74) is 0.861. The molecule has 3 rings (SSSR count). The van der Waals surface area contributed by atoms with E-state index >= 15 is 0 Å². The van der Waals surface area contributed by atoms with Crippen LogP contribution in [-0.2, 0) is 14.3 Å². The van der Waals surface area contributed by atoms with Crippen molar-refractivity contribution in [1.82, 2.24) is 4.90 Å². The number of nitrogens with zero attached hydrogens (tertiary/aromatic N) is 1. The summed E-state index contributed by atoms with van der Waals surface area (Å²) in [6.45, 7) is 3.74. The maximum absolute atomic E-state index is 12.9. The lowest BCUT2D eigenvalue weighted by atomic mass is 9.92. The zero-order chi connectivity index (χ0) is 17.6.